The molecule has 4 rings (SSSR count). The minimum atomic E-state index is 0.665. The van der Waals surface area contributed by atoms with Crippen LogP contribution in [0.5, 0.6) is 0 Å². The van der Waals surface area contributed by atoms with Gasteiger partial charge in [0.1, 0.15) is 5.52 Å². The Hall–Kier alpha value is -2.64. The average molecular weight is 331 g/mol. The molecule has 0 unspecified atom stereocenters. The van der Waals surface area contributed by atoms with Gasteiger partial charge in [-0.1, -0.05) is 30.7 Å². The summed E-state index contributed by atoms with van der Waals surface area (Å²) in [5.74, 6) is 0.807. The molecule has 2 aromatic carbocycles. The van der Waals surface area contributed by atoms with Crippen LogP contribution in [-0.4, -0.2) is 29.5 Å². The molecule has 2 heterocycles. The van der Waals surface area contributed by atoms with Gasteiger partial charge in [0, 0.05) is 18.5 Å². The Labute approximate surface area is 147 Å². The van der Waals surface area contributed by atoms with E-state index in [0.717, 1.165) is 41.1 Å². The summed E-state index contributed by atoms with van der Waals surface area (Å²) in [6, 6.07) is 15.8. The van der Waals surface area contributed by atoms with E-state index in [4.69, 9.17) is 14.7 Å². The number of aromatic nitrogens is 1. The van der Waals surface area contributed by atoms with Gasteiger partial charge in [-0.2, -0.15) is 5.26 Å². The molecule has 0 bridgehead atoms. The number of hydrogen-bond acceptors (Lipinski definition) is 4. The van der Waals surface area contributed by atoms with Crippen LogP contribution in [0.2, 0.25) is 0 Å². The number of likely N-dealkylation sites (tertiary alicyclic amines) is 1. The molecule has 25 heavy (non-hydrogen) atoms. The van der Waals surface area contributed by atoms with E-state index in [1.165, 1.54) is 32.4 Å². The second-order valence-corrected chi connectivity index (χ2v) is 6.60. The van der Waals surface area contributed by atoms with Gasteiger partial charge < -0.3 is 9.32 Å². The van der Waals surface area contributed by atoms with Crippen molar-refractivity contribution in [2.24, 2.45) is 0 Å². The Morgan fingerprint density at radius 1 is 1.04 bits per heavy atom. The van der Waals surface area contributed by atoms with Crippen LogP contribution in [0.1, 0.15) is 30.7 Å². The van der Waals surface area contributed by atoms with E-state index in [2.05, 4.69) is 17.0 Å². The second-order valence-electron chi connectivity index (χ2n) is 6.60. The van der Waals surface area contributed by atoms with Gasteiger partial charge in [-0.05, 0) is 49.7 Å². The lowest BCUT2D eigenvalue weighted by molar-refractivity contribution is 0.226. The third-order valence-corrected chi connectivity index (χ3v) is 4.88. The Morgan fingerprint density at radius 2 is 1.84 bits per heavy atom. The fraction of sp³-hybridized carbons (Fsp3) is 0.333. The van der Waals surface area contributed by atoms with E-state index in [1.807, 2.05) is 36.4 Å². The first-order valence-corrected chi connectivity index (χ1v) is 8.95. The number of para-hydroxylation sites is 1. The van der Waals surface area contributed by atoms with E-state index in [-0.39, 0.29) is 0 Å². The topological polar surface area (TPSA) is 53.1 Å². The highest BCUT2D eigenvalue weighted by Gasteiger charge is 2.14. The summed E-state index contributed by atoms with van der Waals surface area (Å²) < 4.78 is 5.98. The van der Waals surface area contributed by atoms with Crippen LogP contribution >= 0.6 is 0 Å². The van der Waals surface area contributed by atoms with Gasteiger partial charge in [-0.15, -0.1) is 0 Å². The van der Waals surface area contributed by atoms with Crippen molar-refractivity contribution in [3.05, 3.63) is 53.9 Å². The fourth-order valence-corrected chi connectivity index (χ4v) is 3.50. The molecule has 1 aromatic heterocycles. The minimum absolute atomic E-state index is 0.665. The normalized spacial score (nSPS) is 15.3. The van der Waals surface area contributed by atoms with Crippen molar-refractivity contribution < 1.29 is 4.42 Å². The lowest BCUT2D eigenvalue weighted by atomic mass is 10.0. The van der Waals surface area contributed by atoms with E-state index in [9.17, 15) is 0 Å². The second kappa shape index (κ2) is 7.08. The molecule has 126 valence electrons. The summed E-state index contributed by atoms with van der Waals surface area (Å²) in [5, 5.41) is 8.96. The predicted octanol–water partition coefficient (Wildman–Crippen LogP) is 4.39. The third kappa shape index (κ3) is 3.42. The minimum Gasteiger partial charge on any atom is -0.441 e. The van der Waals surface area contributed by atoms with Crippen LogP contribution in [-0.2, 0) is 6.42 Å². The molecule has 0 saturated carbocycles. The summed E-state index contributed by atoms with van der Waals surface area (Å²) in [4.78, 5) is 7.26. The standard InChI is InChI=1S/C21H21N3O/c22-15-16-7-9-17(10-8-16)18-5-4-6-19-21(18)23-20(25-19)11-14-24-12-2-1-3-13-24/h4-10H,1-3,11-14H2. The summed E-state index contributed by atoms with van der Waals surface area (Å²) in [6.07, 6.45) is 4.81. The first-order valence-electron chi connectivity index (χ1n) is 8.95. The number of oxazole rings is 1. The summed E-state index contributed by atoms with van der Waals surface area (Å²) in [7, 11) is 0. The van der Waals surface area contributed by atoms with Crippen LogP contribution in [0.15, 0.2) is 46.9 Å². The summed E-state index contributed by atoms with van der Waals surface area (Å²) in [5.41, 5.74) is 4.50. The zero-order chi connectivity index (χ0) is 17.1. The number of nitrogens with zero attached hydrogens (tertiary/aromatic N) is 3. The Morgan fingerprint density at radius 3 is 2.60 bits per heavy atom. The molecule has 0 atom stereocenters. The number of piperidine rings is 1. The van der Waals surface area contributed by atoms with Gasteiger partial charge in [-0.25, -0.2) is 4.98 Å². The highest BCUT2D eigenvalue weighted by molar-refractivity contribution is 5.90. The Bertz CT molecular complexity index is 899. The maximum Gasteiger partial charge on any atom is 0.196 e. The average Bonchev–Trinajstić information content (AvgIpc) is 3.10. The van der Waals surface area contributed by atoms with Crippen LogP contribution < -0.4 is 0 Å². The molecular formula is C21H21N3O. The molecule has 0 N–H and O–H groups in total. The molecule has 1 aliphatic heterocycles. The fourth-order valence-electron chi connectivity index (χ4n) is 3.50. The van der Waals surface area contributed by atoms with Crippen molar-refractivity contribution in [2.75, 3.05) is 19.6 Å². The van der Waals surface area contributed by atoms with Gasteiger partial charge in [0.2, 0.25) is 0 Å². The zero-order valence-corrected chi connectivity index (χ0v) is 14.2. The van der Waals surface area contributed by atoms with Gasteiger partial charge >= 0.3 is 0 Å². The smallest absolute Gasteiger partial charge is 0.196 e. The number of hydrogen-bond donors (Lipinski definition) is 0. The van der Waals surface area contributed by atoms with E-state index in [0.29, 0.717) is 5.56 Å². The van der Waals surface area contributed by atoms with Crippen molar-refractivity contribution in [1.29, 1.82) is 5.26 Å². The number of nitriles is 1. The summed E-state index contributed by atoms with van der Waals surface area (Å²) >= 11 is 0. The number of fused-ring (bicyclic) bond motifs is 1. The maximum absolute atomic E-state index is 8.96. The highest BCUT2D eigenvalue weighted by Crippen LogP contribution is 2.29. The maximum atomic E-state index is 8.96. The molecule has 1 aliphatic rings. The largest absolute Gasteiger partial charge is 0.441 e. The van der Waals surface area contributed by atoms with Gasteiger partial charge in [0.05, 0.1) is 11.6 Å². The molecule has 0 spiro atoms. The van der Waals surface area contributed by atoms with E-state index < -0.39 is 0 Å². The third-order valence-electron chi connectivity index (χ3n) is 4.88. The summed E-state index contributed by atoms with van der Waals surface area (Å²) in [6.45, 7) is 3.40. The van der Waals surface area contributed by atoms with Gasteiger partial charge in [-0.3, -0.25) is 0 Å². The van der Waals surface area contributed by atoms with Crippen LogP contribution in [0.25, 0.3) is 22.2 Å². The lowest BCUT2D eigenvalue weighted by Gasteiger charge is -2.25. The molecular weight excluding hydrogens is 310 g/mol. The number of benzene rings is 2. The number of rotatable bonds is 4. The molecule has 0 amide bonds. The van der Waals surface area contributed by atoms with E-state index in [1.54, 1.807) is 0 Å². The van der Waals surface area contributed by atoms with Crippen molar-refractivity contribution in [1.82, 2.24) is 9.88 Å². The van der Waals surface area contributed by atoms with Crippen molar-refractivity contribution in [3.8, 4) is 17.2 Å². The van der Waals surface area contributed by atoms with Gasteiger partial charge in [0.25, 0.3) is 0 Å². The molecule has 0 aliphatic carbocycles. The SMILES string of the molecule is N#Cc1ccc(-c2cccc3oc(CCN4CCCCC4)nc23)cc1. The highest BCUT2D eigenvalue weighted by atomic mass is 16.3. The van der Waals surface area contributed by atoms with Crippen molar-refractivity contribution in [2.45, 2.75) is 25.7 Å². The van der Waals surface area contributed by atoms with E-state index >= 15 is 0 Å². The first-order chi connectivity index (χ1) is 12.3. The molecule has 1 fully saturated rings. The monoisotopic (exact) mass is 331 g/mol. The Kier molecular flexibility index (Phi) is 4.49. The quantitative estimate of drug-likeness (QED) is 0.711. The predicted molar refractivity (Wildman–Crippen MR) is 98.2 cm³/mol. The lowest BCUT2D eigenvalue weighted by Crippen LogP contribution is -2.31. The van der Waals surface area contributed by atoms with Crippen molar-refractivity contribution >= 4 is 11.1 Å². The molecule has 0 radical (unpaired) electrons. The van der Waals surface area contributed by atoms with Gasteiger partial charge in [0.15, 0.2) is 11.5 Å². The zero-order valence-electron chi connectivity index (χ0n) is 14.2. The molecule has 4 nitrogen and oxygen atoms in total. The van der Waals surface area contributed by atoms with Crippen molar-refractivity contribution in [3.63, 3.8) is 0 Å². The molecule has 4 heteroatoms. The van der Waals surface area contributed by atoms with Crippen LogP contribution in [0, 0.1) is 11.3 Å². The Balaban J connectivity index is 1.58. The van der Waals surface area contributed by atoms with Crippen LogP contribution in [0.3, 0.4) is 0 Å². The molecule has 1 saturated heterocycles. The van der Waals surface area contributed by atoms with Crippen LogP contribution in [0.4, 0.5) is 0 Å². The first kappa shape index (κ1) is 15.9. The molecule has 3 aromatic rings.